The lowest BCUT2D eigenvalue weighted by atomic mass is 9.79. The Morgan fingerprint density at radius 2 is 1.39 bits per heavy atom. The first kappa shape index (κ1) is 34.2. The highest BCUT2D eigenvalue weighted by molar-refractivity contribution is 6.03. The summed E-state index contributed by atoms with van der Waals surface area (Å²) in [6, 6.07) is 42.3. The number of hydrogen-bond acceptors (Lipinski definition) is 3. The second kappa shape index (κ2) is 14.4. The van der Waals surface area contributed by atoms with E-state index in [9.17, 15) is 0 Å². The number of anilines is 1. The van der Waals surface area contributed by atoms with Crippen LogP contribution in [0.2, 0.25) is 0 Å². The van der Waals surface area contributed by atoms with Gasteiger partial charge in [0.2, 0.25) is 0 Å². The van der Waals surface area contributed by atoms with Crippen molar-refractivity contribution >= 4 is 28.1 Å². The van der Waals surface area contributed by atoms with Gasteiger partial charge in [-0.1, -0.05) is 111 Å². The Morgan fingerprint density at radius 3 is 2.06 bits per heavy atom. The summed E-state index contributed by atoms with van der Waals surface area (Å²) in [5.74, 6) is 1.74. The first-order valence-electron chi connectivity index (χ1n) is 19.9. The lowest BCUT2D eigenvalue weighted by molar-refractivity contribution is 0.161. The summed E-state index contributed by atoms with van der Waals surface area (Å²) in [6.07, 6.45) is 13.9. The molecule has 0 fully saturated rings. The average Bonchev–Trinajstić information content (AvgIpc) is 3.23. The zero-order valence-corrected chi connectivity index (χ0v) is 31.7. The Bertz CT molecular complexity index is 2340. The maximum absolute atomic E-state index is 7.48. The number of unbranched alkanes of at least 4 members (excludes halogenated alkanes) is 2. The normalized spacial score (nSPS) is 17.1. The number of fused-ring (bicyclic) bond motifs is 3. The SMILES string of the molecule is C=C(CCCCC)c1ccc(-c2ccc(-c3cc4c(c5ccccc35)C=CC(c3ccc(OC)cc3)(c3cc5c6c(c3)CCCN6CCC5)O4)cc2)cc1. The van der Waals surface area contributed by atoms with Gasteiger partial charge in [-0.15, -0.1) is 0 Å². The Balaban J connectivity index is 1.11. The van der Waals surface area contributed by atoms with E-state index in [4.69, 9.17) is 9.47 Å². The fourth-order valence-electron chi connectivity index (χ4n) is 9.08. The second-order valence-electron chi connectivity index (χ2n) is 15.3. The van der Waals surface area contributed by atoms with Gasteiger partial charge >= 0.3 is 0 Å². The standard InChI is InChI=1S/C51H49NO2/c1-4-5-6-11-35(2)36-16-18-37(19-17-36)38-20-22-39(23-21-38)48-34-49-47(45-14-7-8-15-46(45)48)28-29-51(54-49,42-24-26-44(53-3)27-25-42)43-32-40-12-9-30-52-31-10-13-41(33-43)50(40)52/h7-8,14-29,32-34H,2,4-6,9-13,30-31H2,1,3H3. The number of allylic oxidation sites excluding steroid dienone is 1. The van der Waals surface area contributed by atoms with Gasteiger partial charge in [0, 0.05) is 35.5 Å². The number of benzene rings is 6. The number of ether oxygens (including phenoxy) is 2. The van der Waals surface area contributed by atoms with E-state index in [1.54, 1.807) is 7.11 Å². The molecule has 3 aliphatic heterocycles. The molecule has 0 amide bonds. The first-order valence-corrected chi connectivity index (χ1v) is 19.9. The van der Waals surface area contributed by atoms with Crippen molar-refractivity contribution in [1.82, 2.24) is 0 Å². The molecule has 6 aromatic rings. The fourth-order valence-corrected chi connectivity index (χ4v) is 9.08. The van der Waals surface area contributed by atoms with Crippen molar-refractivity contribution in [3.8, 4) is 33.8 Å². The lowest BCUT2D eigenvalue weighted by Crippen LogP contribution is -2.37. The molecular formula is C51H49NO2. The number of methoxy groups -OCH3 is 1. The molecule has 3 aliphatic rings. The third kappa shape index (κ3) is 6.10. The highest BCUT2D eigenvalue weighted by Crippen LogP contribution is 2.49. The van der Waals surface area contributed by atoms with E-state index in [1.165, 1.54) is 98.6 Å². The molecule has 9 rings (SSSR count). The lowest BCUT2D eigenvalue weighted by Gasteiger charge is -2.41. The van der Waals surface area contributed by atoms with Crippen molar-refractivity contribution in [2.45, 2.75) is 63.9 Å². The summed E-state index contributed by atoms with van der Waals surface area (Å²) in [5, 5.41) is 2.41. The Kier molecular flexibility index (Phi) is 9.11. The van der Waals surface area contributed by atoms with Crippen LogP contribution in [0.15, 0.2) is 128 Å². The monoisotopic (exact) mass is 707 g/mol. The van der Waals surface area contributed by atoms with Gasteiger partial charge in [-0.3, -0.25) is 0 Å². The third-order valence-corrected chi connectivity index (χ3v) is 12.0. The molecule has 3 heterocycles. The molecule has 0 aromatic heterocycles. The molecule has 270 valence electrons. The van der Waals surface area contributed by atoms with Gasteiger partial charge in [-0.05, 0) is 136 Å². The molecule has 1 unspecified atom stereocenters. The minimum Gasteiger partial charge on any atom is -0.497 e. The molecular weight excluding hydrogens is 659 g/mol. The molecule has 1 atom stereocenters. The maximum Gasteiger partial charge on any atom is 0.178 e. The summed E-state index contributed by atoms with van der Waals surface area (Å²) < 4.78 is 13.1. The predicted molar refractivity (Wildman–Crippen MR) is 227 cm³/mol. The Morgan fingerprint density at radius 1 is 0.741 bits per heavy atom. The summed E-state index contributed by atoms with van der Waals surface area (Å²) in [7, 11) is 1.72. The minimum absolute atomic E-state index is 0.790. The van der Waals surface area contributed by atoms with Crippen molar-refractivity contribution in [2.75, 3.05) is 25.1 Å². The van der Waals surface area contributed by atoms with Crippen LogP contribution >= 0.6 is 0 Å². The zero-order chi connectivity index (χ0) is 36.6. The van der Waals surface area contributed by atoms with Gasteiger partial charge in [0.1, 0.15) is 11.5 Å². The molecule has 0 spiro atoms. The van der Waals surface area contributed by atoms with Gasteiger partial charge in [0.05, 0.1) is 7.11 Å². The van der Waals surface area contributed by atoms with Crippen LogP contribution < -0.4 is 14.4 Å². The van der Waals surface area contributed by atoms with E-state index in [1.807, 2.05) is 0 Å². The van der Waals surface area contributed by atoms with Crippen molar-refractivity contribution < 1.29 is 9.47 Å². The second-order valence-corrected chi connectivity index (χ2v) is 15.3. The molecule has 0 N–H and O–H groups in total. The van der Waals surface area contributed by atoms with Crippen LogP contribution in [0.4, 0.5) is 5.69 Å². The third-order valence-electron chi connectivity index (χ3n) is 12.0. The summed E-state index contributed by atoms with van der Waals surface area (Å²) >= 11 is 0. The van der Waals surface area contributed by atoms with Crippen LogP contribution in [-0.4, -0.2) is 20.2 Å². The van der Waals surface area contributed by atoms with E-state index < -0.39 is 5.60 Å². The van der Waals surface area contributed by atoms with Crippen LogP contribution in [0.3, 0.4) is 0 Å². The van der Waals surface area contributed by atoms with E-state index in [0.29, 0.717) is 0 Å². The van der Waals surface area contributed by atoms with Crippen molar-refractivity contribution in [2.24, 2.45) is 0 Å². The van der Waals surface area contributed by atoms with E-state index >= 15 is 0 Å². The molecule has 0 bridgehead atoms. The quantitative estimate of drug-likeness (QED) is 0.132. The van der Waals surface area contributed by atoms with E-state index in [-0.39, 0.29) is 0 Å². The van der Waals surface area contributed by atoms with Crippen molar-refractivity contribution in [3.63, 3.8) is 0 Å². The van der Waals surface area contributed by atoms with Crippen LogP contribution in [0.1, 0.15) is 78.8 Å². The molecule has 0 radical (unpaired) electrons. The summed E-state index contributed by atoms with van der Waals surface area (Å²) in [5.41, 5.74) is 14.2. The smallest absolute Gasteiger partial charge is 0.178 e. The number of hydrogen-bond donors (Lipinski definition) is 0. The number of aryl methyl sites for hydroxylation is 2. The van der Waals surface area contributed by atoms with Crippen LogP contribution in [0.25, 0.3) is 44.7 Å². The predicted octanol–water partition coefficient (Wildman–Crippen LogP) is 12.8. The Hall–Kier alpha value is -5.54. The topological polar surface area (TPSA) is 21.7 Å². The molecule has 3 nitrogen and oxygen atoms in total. The maximum atomic E-state index is 7.48. The molecule has 0 saturated heterocycles. The van der Waals surface area contributed by atoms with Gasteiger partial charge in [-0.2, -0.15) is 0 Å². The molecule has 3 heteroatoms. The van der Waals surface area contributed by atoms with Gasteiger partial charge in [0.25, 0.3) is 0 Å². The molecule has 0 saturated carbocycles. The van der Waals surface area contributed by atoms with Crippen molar-refractivity contribution in [1.29, 1.82) is 0 Å². The number of nitrogens with zero attached hydrogens (tertiary/aromatic N) is 1. The fraction of sp³-hybridized carbons (Fsp3) is 0.255. The van der Waals surface area contributed by atoms with Crippen LogP contribution in [-0.2, 0) is 18.4 Å². The largest absolute Gasteiger partial charge is 0.497 e. The molecule has 54 heavy (non-hydrogen) atoms. The van der Waals surface area contributed by atoms with E-state index in [0.717, 1.165) is 55.0 Å². The van der Waals surface area contributed by atoms with Crippen LogP contribution in [0.5, 0.6) is 11.5 Å². The average molecular weight is 708 g/mol. The Labute approximate surface area is 320 Å². The highest BCUT2D eigenvalue weighted by Gasteiger charge is 2.40. The van der Waals surface area contributed by atoms with Gasteiger partial charge in [-0.25, -0.2) is 0 Å². The molecule has 6 aromatic carbocycles. The summed E-state index contributed by atoms with van der Waals surface area (Å²) in [4.78, 5) is 2.61. The van der Waals surface area contributed by atoms with Gasteiger partial charge in [0.15, 0.2) is 5.60 Å². The first-order chi connectivity index (χ1) is 26.5. The minimum atomic E-state index is -0.790. The van der Waals surface area contributed by atoms with Crippen LogP contribution in [0, 0.1) is 0 Å². The summed E-state index contributed by atoms with van der Waals surface area (Å²) in [6.45, 7) is 8.92. The molecule has 0 aliphatic carbocycles. The van der Waals surface area contributed by atoms with Crippen molar-refractivity contribution in [3.05, 3.63) is 161 Å². The highest BCUT2D eigenvalue weighted by atomic mass is 16.5. The van der Waals surface area contributed by atoms with Gasteiger partial charge < -0.3 is 14.4 Å². The zero-order valence-electron chi connectivity index (χ0n) is 31.7. The van der Waals surface area contributed by atoms with E-state index in [2.05, 4.69) is 146 Å². The number of rotatable bonds is 10.